The van der Waals surface area contributed by atoms with Crippen LogP contribution in [0.15, 0.2) is 122 Å². The minimum absolute atomic E-state index is 1.12. The third-order valence-electron chi connectivity index (χ3n) is 6.01. The Morgan fingerprint density at radius 2 is 1.21 bits per heavy atom. The molecule has 0 N–H and O–H groups in total. The number of rotatable bonds is 5. The Balaban J connectivity index is 1.77. The number of hydrogen-bond acceptors (Lipinski definition) is 0. The molecule has 2 nitrogen and oxygen atoms in total. The number of aromatic nitrogens is 2. The van der Waals surface area contributed by atoms with Gasteiger partial charge in [0.15, 0.2) is 12.4 Å². The predicted octanol–water partition coefficient (Wildman–Crippen LogP) is 6.60. The average molecular weight is 441 g/mol. The number of aryl methyl sites for hydroxylation is 2. The van der Waals surface area contributed by atoms with Gasteiger partial charge < -0.3 is 0 Å². The smallest absolute Gasteiger partial charge is 0.208 e. The van der Waals surface area contributed by atoms with Gasteiger partial charge in [-0.2, -0.15) is 4.57 Å². The van der Waals surface area contributed by atoms with Crippen LogP contribution in [-0.4, -0.2) is 0 Å². The number of nitrogens with zero attached hydrogens (tertiary/aromatic N) is 2. The van der Waals surface area contributed by atoms with E-state index in [9.17, 15) is 0 Å². The molecule has 0 fully saturated rings. The van der Waals surface area contributed by atoms with E-state index in [4.69, 9.17) is 0 Å². The summed E-state index contributed by atoms with van der Waals surface area (Å²) in [5.74, 6) is 0. The third kappa shape index (κ3) is 4.72. The highest BCUT2D eigenvalue weighted by molar-refractivity contribution is 5.74. The third-order valence-corrected chi connectivity index (χ3v) is 6.01. The Kier molecular flexibility index (Phi) is 6.13. The van der Waals surface area contributed by atoms with Crippen LogP contribution in [0, 0.1) is 6.92 Å². The van der Waals surface area contributed by atoms with E-state index in [2.05, 4.69) is 145 Å². The molecule has 0 saturated heterocycles. The van der Waals surface area contributed by atoms with Crippen LogP contribution in [0.4, 0.5) is 0 Å². The van der Waals surface area contributed by atoms with Crippen molar-refractivity contribution in [3.05, 3.63) is 138 Å². The lowest BCUT2D eigenvalue weighted by atomic mass is 10.0. The summed E-state index contributed by atoms with van der Waals surface area (Å²) < 4.78 is 4.40. The molecule has 2 heterocycles. The van der Waals surface area contributed by atoms with Crippen molar-refractivity contribution in [2.45, 2.75) is 6.92 Å². The Morgan fingerprint density at radius 1 is 0.588 bits per heavy atom. The molecule has 0 unspecified atom stereocenters. The summed E-state index contributed by atoms with van der Waals surface area (Å²) in [6.07, 6.45) is 8.55. The topological polar surface area (TPSA) is 7.76 Å². The molecule has 3 aromatic carbocycles. The highest BCUT2D eigenvalue weighted by Crippen LogP contribution is 2.27. The lowest BCUT2D eigenvalue weighted by Crippen LogP contribution is -2.37. The second-order valence-electron chi connectivity index (χ2n) is 8.59. The fraction of sp³-hybridized carbons (Fsp3) is 0.0625. The van der Waals surface area contributed by atoms with Gasteiger partial charge in [-0.1, -0.05) is 66.2 Å². The maximum atomic E-state index is 2.35. The first-order valence-corrected chi connectivity index (χ1v) is 11.6. The van der Waals surface area contributed by atoms with Gasteiger partial charge in [0, 0.05) is 48.0 Å². The summed E-state index contributed by atoms with van der Waals surface area (Å²) in [6.45, 7) is 2.13. The maximum Gasteiger partial charge on any atom is 0.219 e. The van der Waals surface area contributed by atoms with E-state index in [-0.39, 0.29) is 0 Å². The van der Waals surface area contributed by atoms with E-state index < -0.39 is 0 Å². The minimum atomic E-state index is 1.12. The Hall–Kier alpha value is -4.30. The molecule has 0 amide bonds. The molecule has 0 bridgehead atoms. The molecule has 164 valence electrons. The van der Waals surface area contributed by atoms with Crippen molar-refractivity contribution >= 4 is 12.2 Å². The molecule has 0 atom stereocenters. The first kappa shape index (κ1) is 21.5. The summed E-state index contributed by atoms with van der Waals surface area (Å²) >= 11 is 0. The van der Waals surface area contributed by atoms with Crippen LogP contribution in [0.1, 0.15) is 16.8 Å². The average Bonchev–Trinajstić information content (AvgIpc) is 2.89. The van der Waals surface area contributed by atoms with Crippen molar-refractivity contribution in [3.63, 3.8) is 0 Å². The second-order valence-corrected chi connectivity index (χ2v) is 8.59. The summed E-state index contributed by atoms with van der Waals surface area (Å²) in [7, 11) is 2.04. The van der Waals surface area contributed by atoms with Gasteiger partial charge >= 0.3 is 0 Å². The minimum Gasteiger partial charge on any atom is -0.208 e. The van der Waals surface area contributed by atoms with E-state index in [0.29, 0.717) is 0 Å². The van der Waals surface area contributed by atoms with Crippen LogP contribution >= 0.6 is 0 Å². The maximum absolute atomic E-state index is 2.35. The van der Waals surface area contributed by atoms with E-state index >= 15 is 0 Å². The van der Waals surface area contributed by atoms with Crippen LogP contribution in [0.5, 0.6) is 0 Å². The van der Waals surface area contributed by atoms with Crippen LogP contribution < -0.4 is 9.13 Å². The van der Waals surface area contributed by atoms with Gasteiger partial charge in [-0.3, -0.25) is 0 Å². The quantitative estimate of drug-likeness (QED) is 0.272. The largest absolute Gasteiger partial charge is 0.219 e. The van der Waals surface area contributed by atoms with E-state index in [1.807, 2.05) is 11.6 Å². The van der Waals surface area contributed by atoms with Gasteiger partial charge in [-0.15, -0.1) is 0 Å². The number of benzene rings is 3. The van der Waals surface area contributed by atoms with Gasteiger partial charge in [-0.25, -0.2) is 4.57 Å². The standard InChI is InChI=1S/C32H28N2/c1-25-13-16-30(17-14-25)34-31(18-15-26-19-21-33(2)22-20-26)23-29(27-9-5-3-6-10-27)24-32(34)28-11-7-4-8-12-28/h3-24H,1-2H3/q+2. The zero-order chi connectivity index (χ0) is 23.3. The summed E-state index contributed by atoms with van der Waals surface area (Å²) in [5, 5.41) is 0. The van der Waals surface area contributed by atoms with E-state index in [1.165, 1.54) is 27.8 Å². The Morgan fingerprint density at radius 3 is 1.85 bits per heavy atom. The zero-order valence-corrected chi connectivity index (χ0v) is 19.6. The van der Waals surface area contributed by atoms with Gasteiger partial charge in [0.1, 0.15) is 7.05 Å². The molecular formula is C32H28N2+2. The number of pyridine rings is 2. The summed E-state index contributed by atoms with van der Waals surface area (Å²) in [4.78, 5) is 0. The van der Waals surface area contributed by atoms with Crippen molar-refractivity contribution in [1.82, 2.24) is 0 Å². The first-order valence-electron chi connectivity index (χ1n) is 11.6. The van der Waals surface area contributed by atoms with Gasteiger partial charge in [0.25, 0.3) is 0 Å². The Labute approximate surface area is 201 Å². The molecular weight excluding hydrogens is 412 g/mol. The number of hydrogen-bond donors (Lipinski definition) is 0. The summed E-state index contributed by atoms with van der Waals surface area (Å²) in [6, 6.07) is 38.8. The van der Waals surface area contributed by atoms with Crippen molar-refractivity contribution in [2.24, 2.45) is 7.05 Å². The molecule has 0 radical (unpaired) electrons. The van der Waals surface area contributed by atoms with Gasteiger partial charge in [0.2, 0.25) is 17.1 Å². The van der Waals surface area contributed by atoms with E-state index in [0.717, 1.165) is 17.1 Å². The fourth-order valence-electron chi connectivity index (χ4n) is 4.14. The van der Waals surface area contributed by atoms with Crippen molar-refractivity contribution in [1.29, 1.82) is 0 Å². The van der Waals surface area contributed by atoms with Gasteiger partial charge in [0.05, 0.1) is 0 Å². The molecule has 2 heteroatoms. The molecule has 0 aliphatic rings. The van der Waals surface area contributed by atoms with Crippen molar-refractivity contribution in [3.8, 4) is 28.1 Å². The highest BCUT2D eigenvalue weighted by Gasteiger charge is 2.22. The van der Waals surface area contributed by atoms with Crippen LogP contribution in [0.3, 0.4) is 0 Å². The van der Waals surface area contributed by atoms with Gasteiger partial charge in [-0.05, 0) is 41.8 Å². The monoisotopic (exact) mass is 440 g/mol. The lowest BCUT2D eigenvalue weighted by Gasteiger charge is -2.11. The van der Waals surface area contributed by atoms with Crippen LogP contribution in [0.25, 0.3) is 40.2 Å². The summed E-state index contributed by atoms with van der Waals surface area (Å²) in [5.41, 5.74) is 9.42. The molecule has 0 aliphatic carbocycles. The van der Waals surface area contributed by atoms with Crippen molar-refractivity contribution < 1.29 is 9.13 Å². The van der Waals surface area contributed by atoms with Crippen LogP contribution in [0.2, 0.25) is 0 Å². The van der Waals surface area contributed by atoms with Crippen LogP contribution in [-0.2, 0) is 7.05 Å². The highest BCUT2D eigenvalue weighted by atomic mass is 15.0. The molecule has 2 aromatic heterocycles. The lowest BCUT2D eigenvalue weighted by molar-refractivity contribution is -0.671. The molecule has 34 heavy (non-hydrogen) atoms. The predicted molar refractivity (Wildman–Crippen MR) is 140 cm³/mol. The molecule has 0 saturated carbocycles. The molecule has 5 rings (SSSR count). The van der Waals surface area contributed by atoms with E-state index in [1.54, 1.807) is 0 Å². The van der Waals surface area contributed by atoms with Crippen molar-refractivity contribution in [2.75, 3.05) is 0 Å². The molecule has 0 spiro atoms. The second kappa shape index (κ2) is 9.68. The molecule has 0 aliphatic heterocycles. The first-order chi connectivity index (χ1) is 16.7. The molecule has 5 aromatic rings. The normalized spacial score (nSPS) is 11.1. The Bertz CT molecular complexity index is 1420. The fourth-order valence-corrected chi connectivity index (χ4v) is 4.14. The SMILES string of the molecule is Cc1ccc(-[n+]2c(C=Cc3cc[n+](C)cc3)cc(-c3ccccc3)cc2-c2ccccc2)cc1. The zero-order valence-electron chi connectivity index (χ0n) is 19.6.